The van der Waals surface area contributed by atoms with Gasteiger partial charge in [0.2, 0.25) is 0 Å². The molecule has 1 fully saturated rings. The minimum atomic E-state index is -0.234. The molecule has 1 amide bonds. The van der Waals surface area contributed by atoms with Crippen molar-refractivity contribution < 1.29 is 9.53 Å². The zero-order chi connectivity index (χ0) is 18.8. The summed E-state index contributed by atoms with van der Waals surface area (Å²) in [4.78, 5) is 13.0. The minimum Gasteiger partial charge on any atom is -0.495 e. The van der Waals surface area contributed by atoms with Crippen molar-refractivity contribution in [3.05, 3.63) is 58.5 Å². The highest BCUT2D eigenvalue weighted by Gasteiger charge is 2.27. The minimum absolute atomic E-state index is 0.0898. The first-order valence-corrected chi connectivity index (χ1v) is 11.0. The number of methoxy groups -OCH3 is 1. The summed E-state index contributed by atoms with van der Waals surface area (Å²) < 4.78 is 7.41. The molecular formula is C18H15ClI2N2O2S. The van der Waals surface area contributed by atoms with Crippen LogP contribution in [0.3, 0.4) is 0 Å². The van der Waals surface area contributed by atoms with Crippen LogP contribution in [0, 0.1) is 14.1 Å². The van der Waals surface area contributed by atoms with Crippen molar-refractivity contribution in [2.75, 3.05) is 12.4 Å². The van der Waals surface area contributed by atoms with E-state index in [1.807, 2.05) is 43.3 Å². The molecule has 2 aromatic carbocycles. The lowest BCUT2D eigenvalue weighted by Gasteiger charge is -2.15. The SMILES string of the molecule is COc1c(I)cc(/C=C2\SC(Nc3cc(Cl)ccc3C)NC2=O)cc1I. The zero-order valence-electron chi connectivity index (χ0n) is 13.9. The molecule has 8 heteroatoms. The second kappa shape index (κ2) is 8.57. The average Bonchev–Trinajstić information content (AvgIpc) is 2.90. The summed E-state index contributed by atoms with van der Waals surface area (Å²) in [6, 6.07) is 9.67. The number of hydrogen-bond donors (Lipinski definition) is 2. The fourth-order valence-electron chi connectivity index (χ4n) is 2.47. The van der Waals surface area contributed by atoms with E-state index in [9.17, 15) is 4.79 Å². The highest BCUT2D eigenvalue weighted by atomic mass is 127. The molecule has 1 aliphatic rings. The van der Waals surface area contributed by atoms with E-state index in [1.165, 1.54) is 11.8 Å². The van der Waals surface area contributed by atoms with Gasteiger partial charge in [0.05, 0.1) is 19.2 Å². The molecule has 136 valence electrons. The molecule has 0 saturated carbocycles. The quantitative estimate of drug-likeness (QED) is 0.356. The van der Waals surface area contributed by atoms with Crippen LogP contribution in [0.4, 0.5) is 5.69 Å². The van der Waals surface area contributed by atoms with Crippen LogP contribution in [0.1, 0.15) is 11.1 Å². The summed E-state index contributed by atoms with van der Waals surface area (Å²) in [6.07, 6.45) is 1.90. The Morgan fingerprint density at radius 2 is 1.96 bits per heavy atom. The molecule has 1 aliphatic heterocycles. The molecule has 0 aromatic heterocycles. The molecule has 1 saturated heterocycles. The first-order chi connectivity index (χ1) is 12.4. The first kappa shape index (κ1) is 20.1. The van der Waals surface area contributed by atoms with Gasteiger partial charge in [0, 0.05) is 10.7 Å². The second-order valence-electron chi connectivity index (χ2n) is 5.60. The Kier molecular flexibility index (Phi) is 6.63. The Balaban J connectivity index is 1.79. The number of thioether (sulfide) groups is 1. The van der Waals surface area contributed by atoms with Gasteiger partial charge in [-0.05, 0) is 93.6 Å². The molecule has 0 spiro atoms. The molecule has 2 aromatic rings. The van der Waals surface area contributed by atoms with E-state index in [0.29, 0.717) is 9.93 Å². The van der Waals surface area contributed by atoms with Gasteiger partial charge in [-0.25, -0.2) is 0 Å². The Hall–Kier alpha value is -0.650. The van der Waals surface area contributed by atoms with Crippen molar-refractivity contribution >= 4 is 86.2 Å². The van der Waals surface area contributed by atoms with Crippen LogP contribution in [-0.4, -0.2) is 18.5 Å². The van der Waals surface area contributed by atoms with Gasteiger partial charge < -0.3 is 15.4 Å². The topological polar surface area (TPSA) is 50.4 Å². The molecule has 0 bridgehead atoms. The van der Waals surface area contributed by atoms with Crippen LogP contribution in [-0.2, 0) is 4.79 Å². The van der Waals surface area contributed by atoms with Gasteiger partial charge in [0.15, 0.2) is 5.50 Å². The maximum Gasteiger partial charge on any atom is 0.260 e. The number of hydrogen-bond acceptors (Lipinski definition) is 4. The maximum atomic E-state index is 12.3. The van der Waals surface area contributed by atoms with E-state index >= 15 is 0 Å². The van der Waals surface area contributed by atoms with Crippen LogP contribution in [0.5, 0.6) is 5.75 Å². The van der Waals surface area contributed by atoms with E-state index in [-0.39, 0.29) is 11.4 Å². The molecule has 2 N–H and O–H groups in total. The van der Waals surface area contributed by atoms with Crippen LogP contribution < -0.4 is 15.4 Å². The number of nitrogens with one attached hydrogen (secondary N) is 2. The smallest absolute Gasteiger partial charge is 0.260 e. The van der Waals surface area contributed by atoms with Crippen molar-refractivity contribution in [1.29, 1.82) is 0 Å². The van der Waals surface area contributed by atoms with Crippen LogP contribution in [0.25, 0.3) is 6.08 Å². The number of carbonyl (C=O) groups is 1. The summed E-state index contributed by atoms with van der Waals surface area (Å²) in [5.41, 5.74) is 2.71. The van der Waals surface area contributed by atoms with E-state index in [0.717, 1.165) is 29.7 Å². The lowest BCUT2D eigenvalue weighted by atomic mass is 10.2. The Morgan fingerprint density at radius 3 is 2.62 bits per heavy atom. The molecular weight excluding hydrogens is 598 g/mol. The monoisotopic (exact) mass is 612 g/mol. The fourth-order valence-corrected chi connectivity index (χ4v) is 5.87. The predicted molar refractivity (Wildman–Crippen MR) is 126 cm³/mol. The Bertz CT molecular complexity index is 882. The Morgan fingerprint density at radius 1 is 1.27 bits per heavy atom. The second-order valence-corrected chi connectivity index (χ2v) is 9.51. The third-order valence-electron chi connectivity index (χ3n) is 3.74. The zero-order valence-corrected chi connectivity index (χ0v) is 19.8. The third kappa shape index (κ3) is 4.60. The number of ether oxygens (including phenoxy) is 1. The van der Waals surface area contributed by atoms with E-state index in [2.05, 4.69) is 55.8 Å². The summed E-state index contributed by atoms with van der Waals surface area (Å²) in [5.74, 6) is 0.765. The molecule has 26 heavy (non-hydrogen) atoms. The van der Waals surface area contributed by atoms with Crippen molar-refractivity contribution in [3.8, 4) is 5.75 Å². The molecule has 1 heterocycles. The number of anilines is 1. The molecule has 0 radical (unpaired) electrons. The van der Waals surface area contributed by atoms with Gasteiger partial charge in [-0.2, -0.15) is 0 Å². The van der Waals surface area contributed by atoms with Gasteiger partial charge in [0.25, 0.3) is 5.91 Å². The normalized spacial score (nSPS) is 18.1. The van der Waals surface area contributed by atoms with Gasteiger partial charge >= 0.3 is 0 Å². The van der Waals surface area contributed by atoms with Gasteiger partial charge in [-0.1, -0.05) is 29.4 Å². The largest absolute Gasteiger partial charge is 0.495 e. The average molecular weight is 613 g/mol. The van der Waals surface area contributed by atoms with E-state index < -0.39 is 0 Å². The van der Waals surface area contributed by atoms with Gasteiger partial charge in [-0.15, -0.1) is 0 Å². The standard InChI is InChI=1S/C18H15ClI2N2O2S/c1-9-3-4-11(19)8-14(9)22-18-23-17(24)15(26-18)7-10-5-12(20)16(25-2)13(21)6-10/h3-8,18,22H,1-2H3,(H,23,24)/b15-7-. The van der Waals surface area contributed by atoms with Crippen molar-refractivity contribution in [3.63, 3.8) is 0 Å². The number of halogens is 3. The van der Waals surface area contributed by atoms with Crippen molar-refractivity contribution in [1.82, 2.24) is 5.32 Å². The van der Waals surface area contributed by atoms with E-state index in [1.54, 1.807) is 7.11 Å². The van der Waals surface area contributed by atoms with Gasteiger partial charge in [0.1, 0.15) is 5.75 Å². The lowest BCUT2D eigenvalue weighted by Crippen LogP contribution is -2.31. The lowest BCUT2D eigenvalue weighted by molar-refractivity contribution is -0.116. The highest BCUT2D eigenvalue weighted by molar-refractivity contribution is 14.1. The first-order valence-electron chi connectivity index (χ1n) is 7.62. The van der Waals surface area contributed by atoms with Crippen LogP contribution in [0.15, 0.2) is 35.2 Å². The number of benzene rings is 2. The fraction of sp³-hybridized carbons (Fsp3) is 0.167. The van der Waals surface area contributed by atoms with Crippen LogP contribution >= 0.6 is 68.5 Å². The summed E-state index contributed by atoms with van der Waals surface area (Å²) >= 11 is 12.0. The number of carbonyl (C=O) groups excluding carboxylic acids is 1. The molecule has 0 aliphatic carbocycles. The highest BCUT2D eigenvalue weighted by Crippen LogP contribution is 2.34. The molecule has 1 unspecified atom stereocenters. The number of rotatable bonds is 4. The van der Waals surface area contributed by atoms with Gasteiger partial charge in [-0.3, -0.25) is 4.79 Å². The van der Waals surface area contributed by atoms with Crippen molar-refractivity contribution in [2.24, 2.45) is 0 Å². The predicted octanol–water partition coefficient (Wildman–Crippen LogP) is 5.47. The number of aryl methyl sites for hydroxylation is 1. The van der Waals surface area contributed by atoms with Crippen molar-refractivity contribution in [2.45, 2.75) is 12.4 Å². The number of amides is 1. The Labute approximate surface area is 188 Å². The maximum absolute atomic E-state index is 12.3. The molecule has 4 nitrogen and oxygen atoms in total. The summed E-state index contributed by atoms with van der Waals surface area (Å²) in [5, 5.41) is 6.92. The third-order valence-corrected chi connectivity index (χ3v) is 6.61. The molecule has 1 atom stereocenters. The molecule has 3 rings (SSSR count). The van der Waals surface area contributed by atoms with Crippen LogP contribution in [0.2, 0.25) is 5.02 Å². The summed E-state index contributed by atoms with van der Waals surface area (Å²) in [6.45, 7) is 2.00. The summed E-state index contributed by atoms with van der Waals surface area (Å²) in [7, 11) is 1.66. The van der Waals surface area contributed by atoms with E-state index in [4.69, 9.17) is 16.3 Å².